The molecule has 3 aromatic heterocycles. The molecule has 5 aromatic rings. The van der Waals surface area contributed by atoms with E-state index in [4.69, 9.17) is 20.4 Å². The zero-order valence-corrected chi connectivity index (χ0v) is 23.8. The van der Waals surface area contributed by atoms with Crippen LogP contribution in [-0.2, 0) is 11.8 Å². The van der Waals surface area contributed by atoms with E-state index in [-0.39, 0.29) is 17.5 Å². The van der Waals surface area contributed by atoms with Crippen LogP contribution >= 0.6 is 0 Å². The van der Waals surface area contributed by atoms with Gasteiger partial charge in [0, 0.05) is 38.5 Å². The fraction of sp³-hybridized carbons (Fsp3) is 0.194. The number of aromatic nitrogens is 5. The lowest BCUT2D eigenvalue weighted by atomic mass is 10.1. The summed E-state index contributed by atoms with van der Waals surface area (Å²) in [5.74, 6) is 0.0252. The standard InChI is InChI=1S/C31H29FN8O3/c1-18-27(31(42)40(38(18)2)22-7-4-6-20(32)14-22)30(41)35-21-12-10-19(11-13-21)28-29(33)34-15-25(37-28)24-8-5-9-26(36-24)39-16-23(17-39)43-3/h4-15,23H,16-17H2,1-3H3,(H2,33,34)(H,35,41). The first-order valence-electron chi connectivity index (χ1n) is 13.6. The number of anilines is 3. The molecule has 1 amide bonds. The van der Waals surface area contributed by atoms with E-state index in [0.29, 0.717) is 39.7 Å². The number of hydrogen-bond acceptors (Lipinski definition) is 8. The summed E-state index contributed by atoms with van der Waals surface area (Å²) in [5.41, 5.74) is 9.23. The number of carbonyl (C=O) groups excluding carboxylic acids is 1. The van der Waals surface area contributed by atoms with Gasteiger partial charge in [-0.3, -0.25) is 14.3 Å². The van der Waals surface area contributed by atoms with Crippen molar-refractivity contribution in [3.8, 4) is 28.3 Å². The third-order valence-corrected chi connectivity index (χ3v) is 7.55. The second-order valence-corrected chi connectivity index (χ2v) is 10.2. The Balaban J connectivity index is 1.22. The number of nitrogen functional groups attached to an aromatic ring is 1. The molecule has 0 spiro atoms. The fourth-order valence-corrected chi connectivity index (χ4v) is 5.02. The average molecular weight is 581 g/mol. The summed E-state index contributed by atoms with van der Waals surface area (Å²) in [7, 11) is 3.34. The van der Waals surface area contributed by atoms with Gasteiger partial charge in [0.05, 0.1) is 29.4 Å². The fourth-order valence-electron chi connectivity index (χ4n) is 5.02. The third-order valence-electron chi connectivity index (χ3n) is 7.55. The van der Waals surface area contributed by atoms with Crippen molar-refractivity contribution in [3.05, 3.63) is 100 Å². The first-order chi connectivity index (χ1) is 20.7. The third kappa shape index (κ3) is 5.24. The van der Waals surface area contributed by atoms with Crippen LogP contribution in [0.4, 0.5) is 21.7 Å². The highest BCUT2D eigenvalue weighted by Crippen LogP contribution is 2.28. The number of nitrogens with one attached hydrogen (secondary N) is 1. The van der Waals surface area contributed by atoms with Crippen LogP contribution in [0.5, 0.6) is 0 Å². The Morgan fingerprint density at radius 3 is 2.51 bits per heavy atom. The molecule has 0 radical (unpaired) electrons. The minimum absolute atomic E-state index is 0.0376. The van der Waals surface area contributed by atoms with E-state index in [1.807, 2.05) is 18.2 Å². The van der Waals surface area contributed by atoms with E-state index in [0.717, 1.165) is 18.9 Å². The number of ether oxygens (including phenoxy) is 1. The van der Waals surface area contributed by atoms with Gasteiger partial charge in [0.15, 0.2) is 0 Å². The van der Waals surface area contributed by atoms with E-state index in [2.05, 4.69) is 15.2 Å². The number of pyridine rings is 1. The lowest BCUT2D eigenvalue weighted by molar-refractivity contribution is 0.0783. The van der Waals surface area contributed by atoms with Crippen molar-refractivity contribution in [3.63, 3.8) is 0 Å². The number of rotatable bonds is 7. The number of amides is 1. The van der Waals surface area contributed by atoms with Crippen LogP contribution in [-0.4, -0.2) is 56.5 Å². The van der Waals surface area contributed by atoms with E-state index in [1.165, 1.54) is 27.6 Å². The number of hydrogen-bond donors (Lipinski definition) is 2. The average Bonchev–Trinajstić information content (AvgIpc) is 3.20. The lowest BCUT2D eigenvalue weighted by Gasteiger charge is -2.39. The molecule has 0 bridgehead atoms. The Bertz CT molecular complexity index is 1890. The summed E-state index contributed by atoms with van der Waals surface area (Å²) < 4.78 is 22.0. The van der Waals surface area contributed by atoms with Crippen LogP contribution in [0.3, 0.4) is 0 Å². The second kappa shape index (κ2) is 11.1. The monoisotopic (exact) mass is 580 g/mol. The molecular weight excluding hydrogens is 551 g/mol. The predicted molar refractivity (Wildman–Crippen MR) is 162 cm³/mol. The van der Waals surface area contributed by atoms with Crippen LogP contribution in [0, 0.1) is 12.7 Å². The Labute approximate surface area is 246 Å². The Kier molecular flexibility index (Phi) is 7.20. The van der Waals surface area contributed by atoms with Crippen LogP contribution in [0.1, 0.15) is 16.1 Å². The minimum Gasteiger partial charge on any atom is -0.382 e. The van der Waals surface area contributed by atoms with Crippen molar-refractivity contribution in [2.45, 2.75) is 13.0 Å². The molecule has 1 aliphatic heterocycles. The molecule has 12 heteroatoms. The maximum atomic E-state index is 13.8. The number of carbonyl (C=O) groups is 1. The van der Waals surface area contributed by atoms with Crippen LogP contribution in [0.25, 0.3) is 28.3 Å². The van der Waals surface area contributed by atoms with Crippen molar-refractivity contribution < 1.29 is 13.9 Å². The summed E-state index contributed by atoms with van der Waals surface area (Å²) in [5, 5.41) is 2.78. The van der Waals surface area contributed by atoms with Gasteiger partial charge in [-0.1, -0.05) is 24.3 Å². The van der Waals surface area contributed by atoms with Crippen molar-refractivity contribution in [2.24, 2.45) is 7.05 Å². The molecule has 1 aliphatic rings. The molecular formula is C31H29FN8O3. The summed E-state index contributed by atoms with van der Waals surface area (Å²) in [6, 6.07) is 18.3. The molecule has 3 N–H and O–H groups in total. The van der Waals surface area contributed by atoms with Crippen molar-refractivity contribution in [1.29, 1.82) is 0 Å². The van der Waals surface area contributed by atoms with E-state index >= 15 is 0 Å². The van der Waals surface area contributed by atoms with Crippen LogP contribution in [0.2, 0.25) is 0 Å². The number of methoxy groups -OCH3 is 1. The lowest BCUT2D eigenvalue weighted by Crippen LogP contribution is -2.52. The van der Waals surface area contributed by atoms with E-state index in [1.54, 1.807) is 57.6 Å². The van der Waals surface area contributed by atoms with Gasteiger partial charge in [-0.15, -0.1) is 0 Å². The Morgan fingerprint density at radius 2 is 1.79 bits per heavy atom. The molecule has 11 nitrogen and oxygen atoms in total. The highest BCUT2D eigenvalue weighted by atomic mass is 19.1. The largest absolute Gasteiger partial charge is 0.382 e. The molecule has 4 heterocycles. The first kappa shape index (κ1) is 27.8. The molecule has 0 aliphatic carbocycles. The van der Waals surface area contributed by atoms with Gasteiger partial charge < -0.3 is 20.7 Å². The minimum atomic E-state index is -0.577. The van der Waals surface area contributed by atoms with Gasteiger partial charge >= 0.3 is 0 Å². The quantitative estimate of drug-likeness (QED) is 0.297. The second-order valence-electron chi connectivity index (χ2n) is 10.2. The van der Waals surface area contributed by atoms with Gasteiger partial charge in [-0.2, -0.15) is 0 Å². The van der Waals surface area contributed by atoms with Crippen molar-refractivity contribution in [2.75, 3.05) is 36.1 Å². The van der Waals surface area contributed by atoms with E-state index in [9.17, 15) is 14.0 Å². The molecule has 6 rings (SSSR count). The zero-order chi connectivity index (χ0) is 30.2. The summed E-state index contributed by atoms with van der Waals surface area (Å²) in [4.78, 5) is 42.4. The van der Waals surface area contributed by atoms with Crippen LogP contribution < -0.4 is 21.5 Å². The zero-order valence-electron chi connectivity index (χ0n) is 23.8. The number of nitrogens with zero attached hydrogens (tertiary/aromatic N) is 6. The summed E-state index contributed by atoms with van der Waals surface area (Å²) in [6.45, 7) is 3.22. The predicted octanol–water partition coefficient (Wildman–Crippen LogP) is 3.81. The van der Waals surface area contributed by atoms with Gasteiger partial charge in [-0.05, 0) is 49.4 Å². The highest BCUT2D eigenvalue weighted by Gasteiger charge is 2.27. The van der Waals surface area contributed by atoms with Gasteiger partial charge in [0.25, 0.3) is 11.5 Å². The Hall–Kier alpha value is -5.36. The summed E-state index contributed by atoms with van der Waals surface area (Å²) in [6.07, 6.45) is 1.80. The number of benzene rings is 2. The molecule has 1 fully saturated rings. The SMILES string of the molecule is COC1CN(c2cccc(-c3cnc(N)c(-c4ccc(NC(=O)c5c(C)n(C)n(-c6cccc(F)c6)c5=O)cc4)n3)n2)C1. The molecule has 0 saturated carbocycles. The topological polar surface area (TPSA) is 133 Å². The van der Waals surface area contributed by atoms with Gasteiger partial charge in [-0.25, -0.2) is 24.0 Å². The normalized spacial score (nSPS) is 13.2. The molecule has 0 unspecified atom stereocenters. The van der Waals surface area contributed by atoms with E-state index < -0.39 is 17.3 Å². The van der Waals surface area contributed by atoms with Gasteiger partial charge in [0.1, 0.15) is 34.4 Å². The molecule has 43 heavy (non-hydrogen) atoms. The molecule has 1 saturated heterocycles. The number of halogens is 1. The van der Waals surface area contributed by atoms with Crippen molar-refractivity contribution >= 4 is 23.2 Å². The maximum absolute atomic E-state index is 13.8. The van der Waals surface area contributed by atoms with Crippen LogP contribution in [0.15, 0.2) is 77.7 Å². The molecule has 2 aromatic carbocycles. The van der Waals surface area contributed by atoms with Crippen molar-refractivity contribution in [1.82, 2.24) is 24.3 Å². The maximum Gasteiger partial charge on any atom is 0.284 e. The summed E-state index contributed by atoms with van der Waals surface area (Å²) >= 11 is 0. The molecule has 0 atom stereocenters. The van der Waals surface area contributed by atoms with Gasteiger partial charge in [0.2, 0.25) is 0 Å². The first-order valence-corrected chi connectivity index (χ1v) is 13.6. The highest BCUT2D eigenvalue weighted by molar-refractivity contribution is 6.05. The molecule has 218 valence electrons. The smallest absolute Gasteiger partial charge is 0.284 e. The number of nitrogens with two attached hydrogens (primary N) is 1. The Morgan fingerprint density at radius 1 is 1.05 bits per heavy atom.